The lowest BCUT2D eigenvalue weighted by Gasteiger charge is -2.33. The van der Waals surface area contributed by atoms with Crippen molar-refractivity contribution in [3.05, 3.63) is 124 Å². The number of hydrogen-bond acceptors (Lipinski definition) is 3. The van der Waals surface area contributed by atoms with Gasteiger partial charge in [-0.05, 0) is 120 Å². The zero-order valence-corrected chi connectivity index (χ0v) is 30.5. The predicted octanol–water partition coefficient (Wildman–Crippen LogP) is 12.9. The van der Waals surface area contributed by atoms with Crippen molar-refractivity contribution in [2.45, 2.75) is 111 Å². The number of rotatable bonds is 11. The van der Waals surface area contributed by atoms with Gasteiger partial charge < -0.3 is 4.74 Å². The minimum absolute atomic E-state index is 0.0429. The highest BCUT2D eigenvalue weighted by Crippen LogP contribution is 2.45. The zero-order valence-electron chi connectivity index (χ0n) is 29.7. The number of thiazole rings is 1. The summed E-state index contributed by atoms with van der Waals surface area (Å²) in [6.45, 7) is 16.7. The van der Waals surface area contributed by atoms with Gasteiger partial charge in [0.05, 0.1) is 15.2 Å². The highest BCUT2D eigenvalue weighted by molar-refractivity contribution is 7.18. The van der Waals surface area contributed by atoms with Crippen LogP contribution in [0.2, 0.25) is 0 Å². The fourth-order valence-corrected chi connectivity index (χ4v) is 8.22. The Labute approximate surface area is 287 Å². The number of aryl methyl sites for hydroxylation is 2. The Hall–Kier alpha value is -3.43. The fourth-order valence-electron chi connectivity index (χ4n) is 7.26. The summed E-state index contributed by atoms with van der Waals surface area (Å²) in [5.74, 6) is 2.22. The molecule has 6 rings (SSSR count). The fraction of sp³-hybridized carbons (Fsp3) is 0.432. The highest BCUT2D eigenvalue weighted by atomic mass is 32.1. The molecule has 0 aliphatic heterocycles. The van der Waals surface area contributed by atoms with Crippen LogP contribution in [0.15, 0.2) is 91.0 Å². The van der Waals surface area contributed by atoms with Crippen molar-refractivity contribution in [1.29, 1.82) is 0 Å². The minimum Gasteiger partial charge on any atom is -0.457 e. The van der Waals surface area contributed by atoms with E-state index in [0.717, 1.165) is 55.5 Å². The molecule has 5 aromatic rings. The molecular formula is C44H53NOS. The van der Waals surface area contributed by atoms with Crippen molar-refractivity contribution in [3.8, 4) is 11.5 Å². The van der Waals surface area contributed by atoms with Crippen molar-refractivity contribution >= 4 is 21.6 Å². The third kappa shape index (κ3) is 8.36. The Morgan fingerprint density at radius 2 is 1.53 bits per heavy atom. The van der Waals surface area contributed by atoms with Crippen LogP contribution < -0.4 is 4.74 Å². The number of ether oxygens (including phenoxy) is 1. The summed E-state index contributed by atoms with van der Waals surface area (Å²) >= 11 is 1.85. The van der Waals surface area contributed by atoms with Gasteiger partial charge in [-0.25, -0.2) is 4.98 Å². The third-order valence-electron chi connectivity index (χ3n) is 10.2. The summed E-state index contributed by atoms with van der Waals surface area (Å²) in [4.78, 5) is 4.91. The van der Waals surface area contributed by atoms with E-state index in [-0.39, 0.29) is 16.2 Å². The van der Waals surface area contributed by atoms with Crippen molar-refractivity contribution in [2.75, 3.05) is 0 Å². The molecular weight excluding hydrogens is 591 g/mol. The van der Waals surface area contributed by atoms with Gasteiger partial charge in [-0.1, -0.05) is 109 Å². The van der Waals surface area contributed by atoms with Crippen LogP contribution in [0.25, 0.3) is 10.2 Å². The van der Waals surface area contributed by atoms with E-state index < -0.39 is 0 Å². The second kappa shape index (κ2) is 13.6. The molecule has 1 aliphatic carbocycles. The summed E-state index contributed by atoms with van der Waals surface area (Å²) in [5.41, 5.74) is 8.90. The van der Waals surface area contributed by atoms with E-state index in [9.17, 15) is 0 Å². The maximum Gasteiger partial charge on any atom is 0.131 e. The second-order valence-corrected chi connectivity index (χ2v) is 17.6. The topological polar surface area (TPSA) is 22.1 Å². The summed E-state index contributed by atoms with van der Waals surface area (Å²) in [6, 6.07) is 33.2. The van der Waals surface area contributed by atoms with Gasteiger partial charge in [0.1, 0.15) is 11.5 Å². The number of benzene rings is 4. The van der Waals surface area contributed by atoms with E-state index in [1.165, 1.54) is 50.4 Å². The molecule has 0 saturated heterocycles. The lowest BCUT2D eigenvalue weighted by molar-refractivity contribution is 0.267. The van der Waals surface area contributed by atoms with Gasteiger partial charge in [-0.15, -0.1) is 11.3 Å². The molecule has 47 heavy (non-hydrogen) atoms. The van der Waals surface area contributed by atoms with Crippen molar-refractivity contribution in [2.24, 2.45) is 10.8 Å². The Morgan fingerprint density at radius 3 is 2.30 bits per heavy atom. The molecule has 1 unspecified atom stereocenters. The molecule has 246 valence electrons. The maximum atomic E-state index is 6.64. The first-order valence-corrected chi connectivity index (χ1v) is 18.5. The van der Waals surface area contributed by atoms with Gasteiger partial charge in [0.15, 0.2) is 0 Å². The first-order chi connectivity index (χ1) is 22.4. The van der Waals surface area contributed by atoms with E-state index in [0.29, 0.717) is 5.92 Å². The van der Waals surface area contributed by atoms with Crippen LogP contribution in [-0.2, 0) is 24.7 Å². The highest BCUT2D eigenvalue weighted by Gasteiger charge is 2.30. The Kier molecular flexibility index (Phi) is 9.68. The second-order valence-electron chi connectivity index (χ2n) is 16.5. The predicted molar refractivity (Wildman–Crippen MR) is 201 cm³/mol. The molecule has 2 nitrogen and oxygen atoms in total. The lowest BCUT2D eigenvalue weighted by atomic mass is 9.72. The van der Waals surface area contributed by atoms with Gasteiger partial charge in [0.25, 0.3) is 0 Å². The maximum absolute atomic E-state index is 6.64. The normalized spacial score (nSPS) is 15.5. The van der Waals surface area contributed by atoms with Gasteiger partial charge >= 0.3 is 0 Å². The van der Waals surface area contributed by atoms with E-state index in [1.807, 2.05) is 17.4 Å². The number of aromatic nitrogens is 1. The van der Waals surface area contributed by atoms with Crippen LogP contribution in [0.1, 0.15) is 119 Å². The number of fused-ring (bicyclic) bond motifs is 2. The standard InChI is InChI=1S/C44H53NOS/c1-42(2,3)30-31-20-22-35-32(28-31)14-13-17-36(35)37-29-33(21-23-39(37)46-34-15-9-8-10-16-34)44(6,7)27-26-43(4,5)25-24-41-45-38-18-11-12-19-40(38)47-41/h8-12,15-16,18-23,28-29,36H,13-14,17,24-27,30H2,1-7H3. The molecule has 0 spiro atoms. The van der Waals surface area contributed by atoms with E-state index >= 15 is 0 Å². The SMILES string of the molecule is CC(C)(C)Cc1ccc2c(c1)CCCC2c1cc(C(C)(C)CCC(C)(C)CCc2nc3ccccc3s2)ccc1Oc1ccccc1. The lowest BCUT2D eigenvalue weighted by Crippen LogP contribution is -2.23. The largest absolute Gasteiger partial charge is 0.457 e. The summed E-state index contributed by atoms with van der Waals surface area (Å²) in [7, 11) is 0. The Morgan fingerprint density at radius 1 is 0.766 bits per heavy atom. The molecule has 0 fully saturated rings. The molecule has 1 aromatic heterocycles. The van der Waals surface area contributed by atoms with Crippen LogP contribution in [0, 0.1) is 10.8 Å². The Bertz CT molecular complexity index is 1770. The molecule has 3 heteroatoms. The van der Waals surface area contributed by atoms with Gasteiger partial charge in [0.2, 0.25) is 0 Å². The molecule has 0 bridgehead atoms. The van der Waals surface area contributed by atoms with Crippen LogP contribution in [0.5, 0.6) is 11.5 Å². The minimum atomic E-state index is 0.0429. The molecule has 4 aromatic carbocycles. The molecule has 0 N–H and O–H groups in total. The van der Waals surface area contributed by atoms with E-state index in [1.54, 1.807) is 0 Å². The molecule has 0 saturated carbocycles. The molecule has 0 amide bonds. The average Bonchev–Trinajstić information content (AvgIpc) is 3.46. The Balaban J connectivity index is 1.24. The van der Waals surface area contributed by atoms with Crippen molar-refractivity contribution in [1.82, 2.24) is 4.98 Å². The molecule has 1 heterocycles. The van der Waals surface area contributed by atoms with Crippen LogP contribution in [0.4, 0.5) is 0 Å². The molecule has 1 atom stereocenters. The number of para-hydroxylation sites is 2. The summed E-state index contributed by atoms with van der Waals surface area (Å²) in [6.07, 6.45) is 9.12. The van der Waals surface area contributed by atoms with Gasteiger partial charge in [-0.3, -0.25) is 0 Å². The van der Waals surface area contributed by atoms with Gasteiger partial charge in [-0.2, -0.15) is 0 Å². The van der Waals surface area contributed by atoms with E-state index in [2.05, 4.69) is 133 Å². The average molecular weight is 644 g/mol. The molecule has 0 radical (unpaired) electrons. The summed E-state index contributed by atoms with van der Waals surface area (Å²) in [5, 5.41) is 1.26. The smallest absolute Gasteiger partial charge is 0.131 e. The molecule has 1 aliphatic rings. The van der Waals surface area contributed by atoms with Gasteiger partial charge in [0, 0.05) is 11.5 Å². The third-order valence-corrected chi connectivity index (χ3v) is 11.3. The van der Waals surface area contributed by atoms with Crippen LogP contribution in [-0.4, -0.2) is 4.98 Å². The van der Waals surface area contributed by atoms with Crippen molar-refractivity contribution < 1.29 is 4.74 Å². The number of nitrogens with zero attached hydrogens (tertiary/aromatic N) is 1. The quantitative estimate of drug-likeness (QED) is 0.143. The monoisotopic (exact) mass is 643 g/mol. The first-order valence-electron chi connectivity index (χ1n) is 17.7. The zero-order chi connectivity index (χ0) is 33.2. The number of hydrogen-bond donors (Lipinski definition) is 0. The van der Waals surface area contributed by atoms with E-state index in [4.69, 9.17) is 9.72 Å². The first kappa shape index (κ1) is 33.5. The van der Waals surface area contributed by atoms with Crippen LogP contribution >= 0.6 is 11.3 Å². The van der Waals surface area contributed by atoms with Crippen molar-refractivity contribution in [3.63, 3.8) is 0 Å². The summed E-state index contributed by atoms with van der Waals surface area (Å²) < 4.78 is 7.93. The van der Waals surface area contributed by atoms with Crippen LogP contribution in [0.3, 0.4) is 0 Å².